The van der Waals surface area contributed by atoms with Gasteiger partial charge in [0.05, 0.1) is 18.5 Å². The molecule has 0 aliphatic carbocycles. The number of ether oxygens (including phenoxy) is 1. The van der Waals surface area contributed by atoms with Gasteiger partial charge in [-0.3, -0.25) is 19.2 Å². The second-order valence-electron chi connectivity index (χ2n) is 8.00. The smallest absolute Gasteiger partial charge is 0.245 e. The Kier molecular flexibility index (Phi) is 5.02. The third-order valence-electron chi connectivity index (χ3n) is 6.09. The van der Waals surface area contributed by atoms with E-state index in [9.17, 15) is 19.2 Å². The summed E-state index contributed by atoms with van der Waals surface area (Å²) in [5, 5.41) is 2.69. The first-order valence-electron chi connectivity index (χ1n) is 10.0. The molecular weight excluding hydrogens is 374 g/mol. The van der Waals surface area contributed by atoms with E-state index in [-0.39, 0.29) is 42.9 Å². The average molecular weight is 399 g/mol. The largest absolute Gasteiger partial charge is 0.486 e. The molecule has 1 aromatic carbocycles. The Morgan fingerprint density at radius 1 is 1.17 bits per heavy atom. The summed E-state index contributed by atoms with van der Waals surface area (Å²) in [7, 11) is 0. The molecule has 1 N–H and O–H groups in total. The zero-order chi connectivity index (χ0) is 20.6. The third kappa shape index (κ3) is 3.71. The number of carbonyl (C=O) groups is 4. The number of nitrogens with one attached hydrogen (secondary N) is 1. The summed E-state index contributed by atoms with van der Waals surface area (Å²) in [5.41, 5.74) is -0.138. The fraction of sp³-hybridized carbons (Fsp3) is 0.524. The highest BCUT2D eigenvalue weighted by molar-refractivity contribution is 6.00. The number of likely N-dealkylation sites (tertiary alicyclic amines) is 1. The summed E-state index contributed by atoms with van der Waals surface area (Å²) < 4.78 is 6.23. The van der Waals surface area contributed by atoms with Gasteiger partial charge in [-0.15, -0.1) is 0 Å². The van der Waals surface area contributed by atoms with Gasteiger partial charge >= 0.3 is 0 Å². The third-order valence-corrected chi connectivity index (χ3v) is 6.09. The summed E-state index contributed by atoms with van der Waals surface area (Å²) >= 11 is 0. The lowest BCUT2D eigenvalue weighted by molar-refractivity contribution is -0.147. The molecule has 2 atom stereocenters. The highest BCUT2D eigenvalue weighted by Crippen LogP contribution is 2.39. The summed E-state index contributed by atoms with van der Waals surface area (Å²) in [4.78, 5) is 52.9. The van der Waals surface area contributed by atoms with Crippen LogP contribution in [-0.4, -0.2) is 71.1 Å². The van der Waals surface area contributed by atoms with Crippen molar-refractivity contribution in [3.05, 3.63) is 29.8 Å². The van der Waals surface area contributed by atoms with Gasteiger partial charge in [0.1, 0.15) is 17.4 Å². The van der Waals surface area contributed by atoms with E-state index in [0.29, 0.717) is 43.8 Å². The number of nitrogens with zero attached hydrogens (tertiary/aromatic N) is 2. The number of rotatable bonds is 2. The molecule has 8 heteroatoms. The maximum Gasteiger partial charge on any atom is 0.245 e. The first kappa shape index (κ1) is 19.4. The monoisotopic (exact) mass is 399 g/mol. The summed E-state index contributed by atoms with van der Waals surface area (Å²) in [6.07, 6.45) is 1.37. The Bertz CT molecular complexity index is 870. The molecule has 2 saturated heterocycles. The molecular formula is C21H25N3O5. The van der Waals surface area contributed by atoms with Crippen LogP contribution in [0.1, 0.15) is 43.0 Å². The molecule has 4 rings (SSSR count). The second-order valence-corrected chi connectivity index (χ2v) is 8.00. The number of Topliss-reactive ketones (excluding diaryl/α,β-unsaturated/α-hetero) is 1. The van der Waals surface area contributed by atoms with Gasteiger partial charge in [-0.2, -0.15) is 0 Å². The molecule has 2 fully saturated rings. The minimum atomic E-state index is -0.719. The van der Waals surface area contributed by atoms with Crippen LogP contribution in [0.15, 0.2) is 24.3 Å². The Balaban J connectivity index is 1.48. The predicted octanol–water partition coefficient (Wildman–Crippen LogP) is 0.750. The van der Waals surface area contributed by atoms with Gasteiger partial charge in [-0.05, 0) is 25.5 Å². The quantitative estimate of drug-likeness (QED) is 0.792. The van der Waals surface area contributed by atoms with Gasteiger partial charge in [-0.25, -0.2) is 0 Å². The highest BCUT2D eigenvalue weighted by atomic mass is 16.5. The SMILES string of the molecule is CC(C(=O)N1CCNC(=O)C1)N1CCC2(CCC1=O)CC(=O)c1ccccc1O2. The zero-order valence-corrected chi connectivity index (χ0v) is 16.5. The van der Waals surface area contributed by atoms with Crippen molar-refractivity contribution >= 4 is 23.5 Å². The van der Waals surface area contributed by atoms with Crippen LogP contribution in [0.2, 0.25) is 0 Å². The first-order chi connectivity index (χ1) is 13.9. The van der Waals surface area contributed by atoms with Crippen LogP contribution in [0.3, 0.4) is 0 Å². The molecule has 0 saturated carbocycles. The molecule has 3 aliphatic heterocycles. The van der Waals surface area contributed by atoms with Crippen molar-refractivity contribution in [2.45, 2.75) is 44.2 Å². The number of ketones is 1. The molecule has 0 aromatic heterocycles. The highest BCUT2D eigenvalue weighted by Gasteiger charge is 2.44. The van der Waals surface area contributed by atoms with E-state index < -0.39 is 11.6 Å². The predicted molar refractivity (Wildman–Crippen MR) is 103 cm³/mol. The fourth-order valence-electron chi connectivity index (χ4n) is 4.41. The minimum Gasteiger partial charge on any atom is -0.486 e. The van der Waals surface area contributed by atoms with Crippen LogP contribution >= 0.6 is 0 Å². The molecule has 2 unspecified atom stereocenters. The van der Waals surface area contributed by atoms with E-state index in [1.165, 1.54) is 4.90 Å². The van der Waals surface area contributed by atoms with E-state index in [4.69, 9.17) is 4.74 Å². The Labute approximate surface area is 169 Å². The normalized spacial score (nSPS) is 25.8. The van der Waals surface area contributed by atoms with Crippen LogP contribution in [0.25, 0.3) is 0 Å². The lowest BCUT2D eigenvalue weighted by Gasteiger charge is -2.37. The van der Waals surface area contributed by atoms with Crippen molar-refractivity contribution in [2.24, 2.45) is 0 Å². The topological polar surface area (TPSA) is 96.0 Å². The van der Waals surface area contributed by atoms with Crippen molar-refractivity contribution in [3.8, 4) is 5.75 Å². The van der Waals surface area contributed by atoms with Crippen LogP contribution < -0.4 is 10.1 Å². The maximum absolute atomic E-state index is 12.9. The van der Waals surface area contributed by atoms with E-state index in [1.54, 1.807) is 24.0 Å². The van der Waals surface area contributed by atoms with Crippen LogP contribution in [0, 0.1) is 0 Å². The van der Waals surface area contributed by atoms with E-state index in [1.807, 2.05) is 12.1 Å². The van der Waals surface area contributed by atoms with E-state index >= 15 is 0 Å². The number of para-hydroxylation sites is 1. The van der Waals surface area contributed by atoms with Crippen molar-refractivity contribution in [3.63, 3.8) is 0 Å². The molecule has 3 amide bonds. The van der Waals surface area contributed by atoms with Crippen molar-refractivity contribution in [2.75, 3.05) is 26.2 Å². The number of carbonyl (C=O) groups excluding carboxylic acids is 4. The zero-order valence-electron chi connectivity index (χ0n) is 16.5. The fourth-order valence-corrected chi connectivity index (χ4v) is 4.41. The number of benzene rings is 1. The van der Waals surface area contributed by atoms with Gasteiger partial charge < -0.3 is 19.9 Å². The van der Waals surface area contributed by atoms with Gasteiger partial charge in [0.15, 0.2) is 5.78 Å². The molecule has 0 radical (unpaired) electrons. The molecule has 1 spiro atoms. The number of amides is 3. The Morgan fingerprint density at radius 2 is 1.97 bits per heavy atom. The molecule has 3 heterocycles. The maximum atomic E-state index is 12.9. The second kappa shape index (κ2) is 7.50. The molecule has 1 aromatic rings. The van der Waals surface area contributed by atoms with E-state index in [2.05, 4.69) is 5.32 Å². The minimum absolute atomic E-state index is 0.0174. The average Bonchev–Trinajstić information content (AvgIpc) is 2.86. The van der Waals surface area contributed by atoms with Crippen molar-refractivity contribution in [1.82, 2.24) is 15.1 Å². The van der Waals surface area contributed by atoms with Gasteiger partial charge in [0, 0.05) is 32.5 Å². The van der Waals surface area contributed by atoms with E-state index in [0.717, 1.165) is 0 Å². The summed E-state index contributed by atoms with van der Waals surface area (Å²) in [5.74, 6) is 0.0456. The lowest BCUT2D eigenvalue weighted by atomic mass is 9.84. The van der Waals surface area contributed by atoms with Crippen molar-refractivity contribution < 1.29 is 23.9 Å². The number of hydrogen-bond donors (Lipinski definition) is 1. The van der Waals surface area contributed by atoms with Crippen LogP contribution in [0.5, 0.6) is 5.75 Å². The van der Waals surface area contributed by atoms with Gasteiger partial charge in [0.2, 0.25) is 17.7 Å². The van der Waals surface area contributed by atoms with Crippen LogP contribution in [-0.2, 0) is 14.4 Å². The summed E-state index contributed by atoms with van der Waals surface area (Å²) in [6, 6.07) is 6.52. The number of hydrogen-bond acceptors (Lipinski definition) is 5. The van der Waals surface area contributed by atoms with Gasteiger partial charge in [-0.1, -0.05) is 12.1 Å². The number of fused-ring (bicyclic) bond motifs is 1. The standard InChI is InChI=1S/C21H25N3O5/c1-14(20(28)23-11-9-22-18(26)13-23)24-10-8-21(7-6-19(24)27)12-16(25)15-4-2-3-5-17(15)29-21/h2-5,14H,6-13H2,1H3,(H,22,26). The first-order valence-corrected chi connectivity index (χ1v) is 10.0. The summed E-state index contributed by atoms with van der Waals surface area (Å²) in [6.45, 7) is 2.91. The molecule has 0 bridgehead atoms. The Morgan fingerprint density at radius 3 is 2.76 bits per heavy atom. The number of piperazine rings is 1. The van der Waals surface area contributed by atoms with Crippen molar-refractivity contribution in [1.29, 1.82) is 0 Å². The van der Waals surface area contributed by atoms with Gasteiger partial charge in [0.25, 0.3) is 0 Å². The molecule has 8 nitrogen and oxygen atoms in total. The Hall–Kier alpha value is -2.90. The lowest BCUT2D eigenvalue weighted by Crippen LogP contribution is -2.56. The molecule has 29 heavy (non-hydrogen) atoms. The molecule has 3 aliphatic rings. The van der Waals surface area contributed by atoms with Crippen LogP contribution in [0.4, 0.5) is 0 Å². The molecule has 154 valence electrons.